The Morgan fingerprint density at radius 1 is 1.13 bits per heavy atom. The molecular formula is C11H9N3O. The summed E-state index contributed by atoms with van der Waals surface area (Å²) in [5.41, 5.74) is 1.77. The molecule has 0 aliphatic carbocycles. The summed E-state index contributed by atoms with van der Waals surface area (Å²) in [6.45, 7) is 0. The van der Waals surface area contributed by atoms with E-state index in [1.165, 1.54) is 0 Å². The molecule has 1 aromatic heterocycles. The molecule has 0 unspecified atom stereocenters. The number of aromatic nitrogens is 2. The molecule has 4 heteroatoms. The van der Waals surface area contributed by atoms with Crippen molar-refractivity contribution in [1.29, 1.82) is 0 Å². The van der Waals surface area contributed by atoms with E-state index in [1.807, 2.05) is 30.3 Å². The van der Waals surface area contributed by atoms with Crippen LogP contribution in [-0.2, 0) is 0 Å². The van der Waals surface area contributed by atoms with Crippen LogP contribution >= 0.6 is 0 Å². The Kier molecular flexibility index (Phi) is 2.69. The fourth-order valence-corrected chi connectivity index (χ4v) is 1.27. The Balaban J connectivity index is 2.44. The van der Waals surface area contributed by atoms with Crippen LogP contribution in [0.3, 0.4) is 0 Å². The lowest BCUT2D eigenvalue weighted by Crippen LogP contribution is -2.05. The molecule has 0 bridgehead atoms. The number of rotatable bonds is 2. The Labute approximate surface area is 86.9 Å². The van der Waals surface area contributed by atoms with Crippen LogP contribution in [0, 0.1) is 0 Å². The molecule has 1 aromatic carbocycles. The van der Waals surface area contributed by atoms with Crippen LogP contribution < -0.4 is 0 Å². The van der Waals surface area contributed by atoms with E-state index in [4.69, 9.17) is 5.21 Å². The molecule has 0 aliphatic rings. The van der Waals surface area contributed by atoms with Gasteiger partial charge in [-0.25, -0.2) is 0 Å². The SMILES string of the molecule is ON=C(c1ccccc1)c1cnccn1. The third kappa shape index (κ3) is 1.99. The summed E-state index contributed by atoms with van der Waals surface area (Å²) >= 11 is 0. The van der Waals surface area contributed by atoms with E-state index in [2.05, 4.69) is 15.1 Å². The summed E-state index contributed by atoms with van der Waals surface area (Å²) in [6.07, 6.45) is 4.69. The van der Waals surface area contributed by atoms with Crippen molar-refractivity contribution in [2.75, 3.05) is 0 Å². The third-order valence-corrected chi connectivity index (χ3v) is 1.95. The molecule has 0 saturated carbocycles. The van der Waals surface area contributed by atoms with Gasteiger partial charge in [0.05, 0.1) is 6.20 Å². The summed E-state index contributed by atoms with van der Waals surface area (Å²) in [5, 5.41) is 12.2. The molecule has 2 rings (SSSR count). The molecule has 15 heavy (non-hydrogen) atoms. The van der Waals surface area contributed by atoms with Crippen LogP contribution in [-0.4, -0.2) is 20.9 Å². The lowest BCUT2D eigenvalue weighted by molar-refractivity contribution is 0.319. The Morgan fingerprint density at radius 2 is 1.93 bits per heavy atom. The van der Waals surface area contributed by atoms with Crippen molar-refractivity contribution in [1.82, 2.24) is 9.97 Å². The van der Waals surface area contributed by atoms with Gasteiger partial charge in [0.1, 0.15) is 11.4 Å². The van der Waals surface area contributed by atoms with Gasteiger partial charge in [-0.2, -0.15) is 0 Å². The largest absolute Gasteiger partial charge is 0.410 e. The second-order valence-corrected chi connectivity index (χ2v) is 2.91. The van der Waals surface area contributed by atoms with Crippen molar-refractivity contribution >= 4 is 5.71 Å². The maximum Gasteiger partial charge on any atom is 0.137 e. The molecule has 2 aromatic rings. The molecule has 0 fully saturated rings. The second kappa shape index (κ2) is 4.32. The zero-order valence-corrected chi connectivity index (χ0v) is 7.91. The van der Waals surface area contributed by atoms with Gasteiger partial charge in [-0.3, -0.25) is 9.97 Å². The molecule has 0 amide bonds. The van der Waals surface area contributed by atoms with Gasteiger partial charge in [-0.15, -0.1) is 0 Å². The van der Waals surface area contributed by atoms with Gasteiger partial charge in [-0.05, 0) is 0 Å². The van der Waals surface area contributed by atoms with Gasteiger partial charge in [-0.1, -0.05) is 35.5 Å². The average Bonchev–Trinajstić information content (AvgIpc) is 2.33. The third-order valence-electron chi connectivity index (χ3n) is 1.95. The van der Waals surface area contributed by atoms with E-state index in [9.17, 15) is 0 Å². The van der Waals surface area contributed by atoms with Gasteiger partial charge in [0.25, 0.3) is 0 Å². The fourth-order valence-electron chi connectivity index (χ4n) is 1.27. The minimum atomic E-state index is 0.420. The molecular weight excluding hydrogens is 190 g/mol. The Morgan fingerprint density at radius 3 is 2.53 bits per heavy atom. The first-order valence-corrected chi connectivity index (χ1v) is 4.45. The first kappa shape index (κ1) is 9.33. The van der Waals surface area contributed by atoms with Gasteiger partial charge >= 0.3 is 0 Å². The quantitative estimate of drug-likeness (QED) is 0.455. The predicted molar refractivity (Wildman–Crippen MR) is 55.9 cm³/mol. The van der Waals surface area contributed by atoms with Crippen molar-refractivity contribution in [3.63, 3.8) is 0 Å². The highest BCUT2D eigenvalue weighted by molar-refractivity contribution is 6.11. The monoisotopic (exact) mass is 199 g/mol. The van der Waals surface area contributed by atoms with Crippen molar-refractivity contribution in [3.05, 3.63) is 60.2 Å². The van der Waals surface area contributed by atoms with Gasteiger partial charge in [0, 0.05) is 18.0 Å². The molecule has 0 radical (unpaired) electrons. The molecule has 0 saturated heterocycles. The topological polar surface area (TPSA) is 58.4 Å². The molecule has 0 spiro atoms. The van der Waals surface area contributed by atoms with E-state index < -0.39 is 0 Å². The summed E-state index contributed by atoms with van der Waals surface area (Å²) < 4.78 is 0. The normalized spacial score (nSPS) is 11.3. The lowest BCUT2D eigenvalue weighted by atomic mass is 10.1. The van der Waals surface area contributed by atoms with E-state index in [-0.39, 0.29) is 0 Å². The standard InChI is InChI=1S/C11H9N3O/c15-14-11(9-4-2-1-3-5-9)10-8-12-6-7-13-10/h1-8,15H. The summed E-state index contributed by atoms with van der Waals surface area (Å²) in [6, 6.07) is 9.34. The number of hydrogen-bond acceptors (Lipinski definition) is 4. The molecule has 74 valence electrons. The highest BCUT2D eigenvalue weighted by Crippen LogP contribution is 2.06. The Hall–Kier alpha value is -2.23. The van der Waals surface area contributed by atoms with Gasteiger partial charge in [0.15, 0.2) is 0 Å². The van der Waals surface area contributed by atoms with Crippen LogP contribution in [0.2, 0.25) is 0 Å². The van der Waals surface area contributed by atoms with Crippen molar-refractivity contribution in [2.45, 2.75) is 0 Å². The first-order chi connectivity index (χ1) is 7.42. The van der Waals surface area contributed by atoms with Crippen LogP contribution in [0.5, 0.6) is 0 Å². The maximum atomic E-state index is 8.95. The fraction of sp³-hybridized carbons (Fsp3) is 0. The zero-order valence-electron chi connectivity index (χ0n) is 7.91. The molecule has 1 heterocycles. The van der Waals surface area contributed by atoms with Crippen LogP contribution in [0.1, 0.15) is 11.3 Å². The van der Waals surface area contributed by atoms with E-state index >= 15 is 0 Å². The minimum Gasteiger partial charge on any atom is -0.410 e. The van der Waals surface area contributed by atoms with Crippen molar-refractivity contribution < 1.29 is 5.21 Å². The highest BCUT2D eigenvalue weighted by atomic mass is 16.4. The number of hydrogen-bond donors (Lipinski definition) is 1. The Bertz CT molecular complexity index is 412. The molecule has 0 atom stereocenters. The average molecular weight is 199 g/mol. The lowest BCUT2D eigenvalue weighted by Gasteiger charge is -2.02. The highest BCUT2D eigenvalue weighted by Gasteiger charge is 2.07. The smallest absolute Gasteiger partial charge is 0.137 e. The van der Waals surface area contributed by atoms with E-state index in [0.29, 0.717) is 11.4 Å². The predicted octanol–water partition coefficient (Wildman–Crippen LogP) is 1.70. The molecule has 1 N–H and O–H groups in total. The zero-order chi connectivity index (χ0) is 10.5. The second-order valence-electron chi connectivity index (χ2n) is 2.91. The van der Waals surface area contributed by atoms with Crippen LogP contribution in [0.25, 0.3) is 0 Å². The van der Waals surface area contributed by atoms with E-state index in [0.717, 1.165) is 5.56 Å². The molecule has 4 nitrogen and oxygen atoms in total. The number of nitrogens with zero attached hydrogens (tertiary/aromatic N) is 3. The van der Waals surface area contributed by atoms with Crippen molar-refractivity contribution in [2.24, 2.45) is 5.16 Å². The van der Waals surface area contributed by atoms with Crippen molar-refractivity contribution in [3.8, 4) is 0 Å². The van der Waals surface area contributed by atoms with E-state index in [1.54, 1.807) is 18.6 Å². The van der Waals surface area contributed by atoms with Gasteiger partial charge < -0.3 is 5.21 Å². The first-order valence-electron chi connectivity index (χ1n) is 4.45. The summed E-state index contributed by atoms with van der Waals surface area (Å²) in [4.78, 5) is 8.00. The summed E-state index contributed by atoms with van der Waals surface area (Å²) in [7, 11) is 0. The summed E-state index contributed by atoms with van der Waals surface area (Å²) in [5.74, 6) is 0. The van der Waals surface area contributed by atoms with Crippen LogP contribution in [0.15, 0.2) is 54.1 Å². The molecule has 0 aliphatic heterocycles. The van der Waals surface area contributed by atoms with Gasteiger partial charge in [0.2, 0.25) is 0 Å². The maximum absolute atomic E-state index is 8.95. The number of oxime groups is 1. The minimum absolute atomic E-state index is 0.420. The van der Waals surface area contributed by atoms with Crippen LogP contribution in [0.4, 0.5) is 0 Å². The number of benzene rings is 1.